The van der Waals surface area contributed by atoms with Gasteiger partial charge < -0.3 is 9.84 Å². The molecule has 0 saturated heterocycles. The number of aryl methyl sites for hydroxylation is 1. The highest BCUT2D eigenvalue weighted by molar-refractivity contribution is 7.89. The van der Waals surface area contributed by atoms with E-state index in [-0.39, 0.29) is 18.0 Å². The smallest absolute Gasteiger partial charge is 0.240 e. The Morgan fingerprint density at radius 2 is 2.00 bits per heavy atom. The third kappa shape index (κ3) is 6.13. The van der Waals surface area contributed by atoms with Crippen LogP contribution in [0.3, 0.4) is 0 Å². The fraction of sp³-hybridized carbons (Fsp3) is 0.600. The molecule has 0 aromatic heterocycles. The Kier molecular flexibility index (Phi) is 7.31. The number of aliphatic hydroxyl groups is 1. The molecule has 0 atom stereocenters. The molecule has 0 heterocycles. The molecule has 0 aliphatic rings. The van der Waals surface area contributed by atoms with Gasteiger partial charge in [-0.3, -0.25) is 0 Å². The summed E-state index contributed by atoms with van der Waals surface area (Å²) >= 11 is 0. The van der Waals surface area contributed by atoms with E-state index in [4.69, 9.17) is 9.84 Å². The first-order valence-corrected chi connectivity index (χ1v) is 8.63. The average molecular weight is 315 g/mol. The molecule has 1 rings (SSSR count). The second kappa shape index (κ2) is 8.48. The first kappa shape index (κ1) is 18.1. The van der Waals surface area contributed by atoms with Gasteiger partial charge in [0.2, 0.25) is 10.0 Å². The van der Waals surface area contributed by atoms with Gasteiger partial charge in [0.25, 0.3) is 0 Å². The van der Waals surface area contributed by atoms with Gasteiger partial charge in [-0.2, -0.15) is 0 Å². The van der Waals surface area contributed by atoms with Crippen molar-refractivity contribution in [3.63, 3.8) is 0 Å². The Hall–Kier alpha value is -0.950. The summed E-state index contributed by atoms with van der Waals surface area (Å²) < 4.78 is 32.3. The lowest BCUT2D eigenvalue weighted by Crippen LogP contribution is -2.28. The number of ether oxygens (including phenoxy) is 1. The molecule has 6 heteroatoms. The summed E-state index contributed by atoms with van der Waals surface area (Å²) in [5.41, 5.74) is 1.23. The van der Waals surface area contributed by atoms with Crippen LogP contribution >= 0.6 is 0 Å². The van der Waals surface area contributed by atoms with Crippen molar-refractivity contribution in [2.45, 2.75) is 38.7 Å². The molecule has 0 fully saturated rings. The summed E-state index contributed by atoms with van der Waals surface area (Å²) in [5.74, 6) is 0.575. The number of hydrogen-bond acceptors (Lipinski definition) is 4. The van der Waals surface area contributed by atoms with Gasteiger partial charge in [-0.25, -0.2) is 13.1 Å². The minimum absolute atomic E-state index is 0.179. The van der Waals surface area contributed by atoms with E-state index in [0.29, 0.717) is 30.3 Å². The molecule has 0 aliphatic heterocycles. The zero-order valence-corrected chi connectivity index (χ0v) is 13.7. The van der Waals surface area contributed by atoms with Crippen molar-refractivity contribution in [2.24, 2.45) is 5.92 Å². The van der Waals surface area contributed by atoms with Gasteiger partial charge in [-0.1, -0.05) is 26.0 Å². The number of benzene rings is 1. The Balaban J connectivity index is 2.54. The molecule has 0 bridgehead atoms. The maximum atomic E-state index is 12.2. The van der Waals surface area contributed by atoms with Crippen molar-refractivity contribution < 1.29 is 18.3 Å². The molecular weight excluding hydrogens is 290 g/mol. The molecule has 2 N–H and O–H groups in total. The Morgan fingerprint density at radius 3 is 2.62 bits per heavy atom. The fourth-order valence-electron chi connectivity index (χ4n) is 1.78. The van der Waals surface area contributed by atoms with Crippen molar-refractivity contribution in [1.82, 2.24) is 4.72 Å². The van der Waals surface area contributed by atoms with Crippen molar-refractivity contribution in [2.75, 3.05) is 19.8 Å². The maximum absolute atomic E-state index is 12.2. The predicted molar refractivity (Wildman–Crippen MR) is 82.6 cm³/mol. The molecule has 1 aromatic carbocycles. The minimum atomic E-state index is -3.57. The third-order valence-electron chi connectivity index (χ3n) is 3.10. The minimum Gasteiger partial charge on any atom is -0.392 e. The summed E-state index contributed by atoms with van der Waals surface area (Å²) in [4.78, 5) is 0.205. The lowest BCUT2D eigenvalue weighted by atomic mass is 10.1. The topological polar surface area (TPSA) is 75.6 Å². The third-order valence-corrected chi connectivity index (χ3v) is 4.71. The zero-order chi connectivity index (χ0) is 15.9. The summed E-state index contributed by atoms with van der Waals surface area (Å²) in [6.07, 6.45) is 0.963. The number of hydrogen-bond donors (Lipinski definition) is 2. The van der Waals surface area contributed by atoms with E-state index in [0.717, 1.165) is 6.42 Å². The number of aliphatic hydroxyl groups excluding tert-OH is 1. The summed E-state index contributed by atoms with van der Waals surface area (Å²) in [7, 11) is -3.57. The first-order chi connectivity index (χ1) is 9.86. The van der Waals surface area contributed by atoms with E-state index in [1.54, 1.807) is 19.1 Å². The van der Waals surface area contributed by atoms with Crippen LogP contribution in [0.5, 0.6) is 0 Å². The van der Waals surface area contributed by atoms with Crippen LogP contribution in [0, 0.1) is 12.8 Å². The van der Waals surface area contributed by atoms with E-state index in [1.807, 2.05) is 0 Å². The van der Waals surface area contributed by atoms with Gasteiger partial charge >= 0.3 is 0 Å². The van der Waals surface area contributed by atoms with E-state index in [9.17, 15) is 8.42 Å². The Labute approximate surface area is 127 Å². The molecule has 0 radical (unpaired) electrons. The van der Waals surface area contributed by atoms with Crippen LogP contribution in [-0.4, -0.2) is 33.3 Å². The zero-order valence-electron chi connectivity index (χ0n) is 12.9. The van der Waals surface area contributed by atoms with Gasteiger partial charge in [0, 0.05) is 13.2 Å². The summed E-state index contributed by atoms with van der Waals surface area (Å²) in [6, 6.07) is 4.90. The van der Waals surface area contributed by atoms with Crippen LogP contribution in [0.25, 0.3) is 0 Å². The fourth-order valence-corrected chi connectivity index (χ4v) is 3.09. The maximum Gasteiger partial charge on any atom is 0.240 e. The van der Waals surface area contributed by atoms with Crippen LogP contribution in [0.1, 0.15) is 31.4 Å². The Bertz CT molecular complexity index is 541. The molecular formula is C15H25NO4S. The molecule has 0 unspecified atom stereocenters. The van der Waals surface area contributed by atoms with Crippen molar-refractivity contribution >= 4 is 10.0 Å². The van der Waals surface area contributed by atoms with Gasteiger partial charge in [0.05, 0.1) is 18.1 Å². The predicted octanol–water partition coefficient (Wildman–Crippen LogP) is 1.83. The SMILES string of the molecule is Cc1ccc(CO)cc1S(=O)(=O)NCCOCCC(C)C. The quantitative estimate of drug-likeness (QED) is 0.682. The number of rotatable bonds is 9. The molecule has 1 aromatic rings. The Morgan fingerprint density at radius 1 is 1.29 bits per heavy atom. The molecule has 0 saturated carbocycles. The van der Waals surface area contributed by atoms with Crippen molar-refractivity contribution in [1.29, 1.82) is 0 Å². The van der Waals surface area contributed by atoms with E-state index >= 15 is 0 Å². The molecule has 0 spiro atoms. The summed E-state index contributed by atoms with van der Waals surface area (Å²) in [6.45, 7) is 7.01. The highest BCUT2D eigenvalue weighted by Gasteiger charge is 2.16. The summed E-state index contributed by atoms with van der Waals surface area (Å²) in [5, 5.41) is 9.10. The van der Waals surface area contributed by atoms with Crippen LogP contribution < -0.4 is 4.72 Å². The van der Waals surface area contributed by atoms with E-state index in [2.05, 4.69) is 18.6 Å². The van der Waals surface area contributed by atoms with E-state index < -0.39 is 10.0 Å². The highest BCUT2D eigenvalue weighted by atomic mass is 32.2. The standard InChI is InChI=1S/C15H25NO4S/c1-12(2)6-8-20-9-7-16-21(18,19)15-10-14(11-17)5-4-13(15)3/h4-5,10,12,16-17H,6-9,11H2,1-3H3. The van der Waals surface area contributed by atoms with Crippen LogP contribution in [-0.2, 0) is 21.4 Å². The lowest BCUT2D eigenvalue weighted by molar-refractivity contribution is 0.128. The highest BCUT2D eigenvalue weighted by Crippen LogP contribution is 2.16. The van der Waals surface area contributed by atoms with Gasteiger partial charge in [0.15, 0.2) is 0 Å². The lowest BCUT2D eigenvalue weighted by Gasteiger charge is -2.11. The van der Waals surface area contributed by atoms with E-state index in [1.165, 1.54) is 6.07 Å². The van der Waals surface area contributed by atoms with Crippen LogP contribution in [0.2, 0.25) is 0 Å². The second-order valence-electron chi connectivity index (χ2n) is 5.45. The van der Waals surface area contributed by atoms with Gasteiger partial charge in [0.1, 0.15) is 0 Å². The largest absolute Gasteiger partial charge is 0.392 e. The average Bonchev–Trinajstić information content (AvgIpc) is 2.42. The molecule has 0 amide bonds. The number of nitrogens with one attached hydrogen (secondary N) is 1. The molecule has 120 valence electrons. The molecule has 5 nitrogen and oxygen atoms in total. The normalized spacial score (nSPS) is 12.0. The van der Waals surface area contributed by atoms with Crippen molar-refractivity contribution in [3.05, 3.63) is 29.3 Å². The van der Waals surface area contributed by atoms with Gasteiger partial charge in [-0.05, 0) is 36.5 Å². The van der Waals surface area contributed by atoms with Crippen LogP contribution in [0.4, 0.5) is 0 Å². The second-order valence-corrected chi connectivity index (χ2v) is 7.19. The van der Waals surface area contributed by atoms with Crippen molar-refractivity contribution in [3.8, 4) is 0 Å². The molecule has 21 heavy (non-hydrogen) atoms. The first-order valence-electron chi connectivity index (χ1n) is 7.14. The number of sulfonamides is 1. The monoisotopic (exact) mass is 315 g/mol. The molecule has 0 aliphatic carbocycles. The van der Waals surface area contributed by atoms with Gasteiger partial charge in [-0.15, -0.1) is 0 Å². The van der Waals surface area contributed by atoms with Crippen LogP contribution in [0.15, 0.2) is 23.1 Å².